The maximum absolute atomic E-state index is 11.2. The molecule has 3 rings (SSSR count). The fourth-order valence-electron chi connectivity index (χ4n) is 2.00. The van der Waals surface area contributed by atoms with Crippen molar-refractivity contribution in [1.82, 2.24) is 9.97 Å². The van der Waals surface area contributed by atoms with Crippen LogP contribution in [0.25, 0.3) is 20.4 Å². The SMILES string of the molecule is COC(=O)CNc1nc2c(Br)c3nc(NCC(=O)OC)sc3cc2s1. The van der Waals surface area contributed by atoms with Crippen molar-refractivity contribution >= 4 is 81.2 Å². The number of thiazole rings is 2. The molecule has 0 saturated heterocycles. The number of esters is 2. The number of hydrogen-bond donors (Lipinski definition) is 2. The molecule has 0 bridgehead atoms. The van der Waals surface area contributed by atoms with E-state index in [0.717, 1.165) is 24.9 Å². The number of benzene rings is 1. The second kappa shape index (κ2) is 7.50. The summed E-state index contributed by atoms with van der Waals surface area (Å²) in [5.74, 6) is -0.718. The van der Waals surface area contributed by atoms with E-state index < -0.39 is 0 Å². The lowest BCUT2D eigenvalue weighted by molar-refractivity contribution is -0.139. The molecule has 2 aromatic heterocycles. The first-order valence-corrected chi connectivity index (χ1v) is 9.45. The topological polar surface area (TPSA) is 102 Å². The first-order chi connectivity index (χ1) is 12.0. The number of nitrogens with one attached hydrogen (secondary N) is 2. The van der Waals surface area contributed by atoms with Crippen molar-refractivity contribution in [3.05, 3.63) is 10.5 Å². The second-order valence-corrected chi connectivity index (χ2v) is 7.64. The van der Waals surface area contributed by atoms with Gasteiger partial charge < -0.3 is 20.1 Å². The van der Waals surface area contributed by atoms with E-state index >= 15 is 0 Å². The first kappa shape index (κ1) is 17.8. The Bertz CT molecular complexity index is 883. The van der Waals surface area contributed by atoms with Crippen LogP contribution in [0.3, 0.4) is 0 Å². The van der Waals surface area contributed by atoms with E-state index in [-0.39, 0.29) is 25.0 Å². The molecule has 0 atom stereocenters. The molecule has 2 N–H and O–H groups in total. The highest BCUT2D eigenvalue weighted by molar-refractivity contribution is 9.10. The molecule has 8 nitrogen and oxygen atoms in total. The average Bonchev–Trinajstić information content (AvgIpc) is 3.21. The van der Waals surface area contributed by atoms with E-state index in [0.29, 0.717) is 10.3 Å². The molecular formula is C14H13BrN4O4S2. The van der Waals surface area contributed by atoms with E-state index in [2.05, 4.69) is 46.0 Å². The van der Waals surface area contributed by atoms with Crippen LogP contribution in [0.4, 0.5) is 10.3 Å². The summed E-state index contributed by atoms with van der Waals surface area (Å²) in [5, 5.41) is 7.14. The molecule has 0 aliphatic carbocycles. The Balaban J connectivity index is 1.87. The molecule has 0 fully saturated rings. The summed E-state index contributed by atoms with van der Waals surface area (Å²) in [6, 6.07) is 1.98. The predicted octanol–water partition coefficient (Wildman–Crippen LogP) is 2.84. The van der Waals surface area contributed by atoms with Crippen LogP contribution in [-0.4, -0.2) is 49.2 Å². The Morgan fingerprint density at radius 1 is 1.00 bits per heavy atom. The summed E-state index contributed by atoms with van der Waals surface area (Å²) in [5.41, 5.74) is 1.52. The number of halogens is 1. The molecule has 0 aliphatic heterocycles. The molecule has 0 radical (unpaired) electrons. The number of carbonyl (C=O) groups is 2. The van der Waals surface area contributed by atoms with E-state index in [1.54, 1.807) is 0 Å². The van der Waals surface area contributed by atoms with Gasteiger partial charge in [-0.15, -0.1) is 0 Å². The van der Waals surface area contributed by atoms with Crippen LogP contribution in [-0.2, 0) is 19.1 Å². The van der Waals surface area contributed by atoms with Gasteiger partial charge in [-0.3, -0.25) is 9.59 Å². The van der Waals surface area contributed by atoms with Crippen LogP contribution >= 0.6 is 38.6 Å². The van der Waals surface area contributed by atoms with Crippen LogP contribution in [0.5, 0.6) is 0 Å². The number of fused-ring (bicyclic) bond motifs is 2. The molecular weight excluding hydrogens is 432 g/mol. The van der Waals surface area contributed by atoms with Gasteiger partial charge in [0.15, 0.2) is 10.3 Å². The Labute approximate surface area is 158 Å². The smallest absolute Gasteiger partial charge is 0.325 e. The molecule has 1 aromatic carbocycles. The molecule has 11 heteroatoms. The molecule has 0 aliphatic rings. The Morgan fingerprint density at radius 2 is 1.44 bits per heavy atom. The fourth-order valence-corrected chi connectivity index (χ4v) is 4.76. The fraction of sp³-hybridized carbons (Fsp3) is 0.286. The standard InChI is InChI=1S/C14H13BrN4O4S2/c1-22-8(20)4-16-13-18-11-6(24-13)3-7-12(10(11)15)19-14(25-7)17-5-9(21)23-2/h3H,4-5H2,1-2H3,(H,16,18)(H,17,19). The van der Waals surface area contributed by atoms with Crippen molar-refractivity contribution in [3.63, 3.8) is 0 Å². The minimum atomic E-state index is -0.359. The number of nitrogens with zero attached hydrogens (tertiary/aromatic N) is 2. The van der Waals surface area contributed by atoms with Crippen molar-refractivity contribution in [3.8, 4) is 0 Å². The van der Waals surface area contributed by atoms with Gasteiger partial charge >= 0.3 is 11.9 Å². The number of aromatic nitrogens is 2. The van der Waals surface area contributed by atoms with E-state index in [9.17, 15) is 9.59 Å². The average molecular weight is 445 g/mol. The van der Waals surface area contributed by atoms with Crippen molar-refractivity contribution in [2.45, 2.75) is 0 Å². The molecule has 25 heavy (non-hydrogen) atoms. The highest BCUT2D eigenvalue weighted by atomic mass is 79.9. The van der Waals surface area contributed by atoms with E-state index in [1.807, 2.05) is 6.07 Å². The van der Waals surface area contributed by atoms with Gasteiger partial charge in [-0.25, -0.2) is 9.97 Å². The van der Waals surface area contributed by atoms with Gasteiger partial charge in [0.05, 0.1) is 28.1 Å². The van der Waals surface area contributed by atoms with Crippen molar-refractivity contribution < 1.29 is 19.1 Å². The summed E-state index contributed by atoms with van der Waals surface area (Å²) in [4.78, 5) is 31.4. The van der Waals surface area contributed by atoms with E-state index in [4.69, 9.17) is 0 Å². The number of anilines is 2. The van der Waals surface area contributed by atoms with Crippen LogP contribution in [0.2, 0.25) is 0 Å². The molecule has 2 heterocycles. The predicted molar refractivity (Wildman–Crippen MR) is 102 cm³/mol. The summed E-state index contributed by atoms with van der Waals surface area (Å²) in [6.45, 7) is 0.115. The summed E-state index contributed by atoms with van der Waals surface area (Å²) >= 11 is 6.41. The number of hydrogen-bond acceptors (Lipinski definition) is 10. The van der Waals surface area contributed by atoms with Gasteiger partial charge in [-0.05, 0) is 22.0 Å². The second-order valence-electron chi connectivity index (χ2n) is 4.78. The third-order valence-electron chi connectivity index (χ3n) is 3.21. The number of carbonyl (C=O) groups excluding carboxylic acids is 2. The largest absolute Gasteiger partial charge is 0.468 e. The quantitative estimate of drug-likeness (QED) is 0.559. The van der Waals surface area contributed by atoms with Crippen molar-refractivity contribution in [2.24, 2.45) is 0 Å². The summed E-state index contributed by atoms with van der Waals surface area (Å²) in [7, 11) is 2.68. The molecule has 132 valence electrons. The highest BCUT2D eigenvalue weighted by Gasteiger charge is 2.15. The Morgan fingerprint density at radius 3 is 1.84 bits per heavy atom. The minimum Gasteiger partial charge on any atom is -0.468 e. The van der Waals surface area contributed by atoms with Gasteiger partial charge in [-0.1, -0.05) is 22.7 Å². The first-order valence-electron chi connectivity index (χ1n) is 7.02. The van der Waals surface area contributed by atoms with Gasteiger partial charge in [0.1, 0.15) is 24.1 Å². The molecule has 0 saturated carbocycles. The third-order valence-corrected chi connectivity index (χ3v) is 5.88. The maximum Gasteiger partial charge on any atom is 0.325 e. The third kappa shape index (κ3) is 3.83. The van der Waals surface area contributed by atoms with Crippen LogP contribution in [0.1, 0.15) is 0 Å². The molecule has 0 unspecified atom stereocenters. The normalized spacial score (nSPS) is 10.8. The van der Waals surface area contributed by atoms with Crippen LogP contribution in [0.15, 0.2) is 10.5 Å². The van der Waals surface area contributed by atoms with Gasteiger partial charge in [0, 0.05) is 0 Å². The van der Waals surface area contributed by atoms with Crippen LogP contribution in [0, 0.1) is 0 Å². The van der Waals surface area contributed by atoms with E-state index in [1.165, 1.54) is 36.9 Å². The monoisotopic (exact) mass is 444 g/mol. The zero-order valence-corrected chi connectivity index (χ0v) is 16.4. The lowest BCUT2D eigenvalue weighted by Gasteiger charge is -1.99. The molecule has 3 aromatic rings. The molecule has 0 spiro atoms. The van der Waals surface area contributed by atoms with Gasteiger partial charge in [0.2, 0.25) is 0 Å². The minimum absolute atomic E-state index is 0.0577. The van der Waals surface area contributed by atoms with Crippen molar-refractivity contribution in [2.75, 3.05) is 37.9 Å². The van der Waals surface area contributed by atoms with Gasteiger partial charge in [-0.2, -0.15) is 0 Å². The lowest BCUT2D eigenvalue weighted by atomic mass is 10.3. The zero-order valence-electron chi connectivity index (χ0n) is 13.2. The lowest BCUT2D eigenvalue weighted by Crippen LogP contribution is -2.14. The number of ether oxygens (including phenoxy) is 2. The summed E-state index contributed by atoms with van der Waals surface area (Å²) < 4.78 is 11.9. The van der Waals surface area contributed by atoms with Crippen LogP contribution < -0.4 is 10.6 Å². The summed E-state index contributed by atoms with van der Waals surface area (Å²) in [6.07, 6.45) is 0. The maximum atomic E-state index is 11.2. The zero-order chi connectivity index (χ0) is 18.0. The Kier molecular flexibility index (Phi) is 5.35. The number of methoxy groups -OCH3 is 2. The Hall–Kier alpha value is -1.98. The van der Waals surface area contributed by atoms with Gasteiger partial charge in [0.25, 0.3) is 0 Å². The molecule has 0 amide bonds. The number of rotatable bonds is 6. The van der Waals surface area contributed by atoms with Crippen molar-refractivity contribution in [1.29, 1.82) is 0 Å². The highest BCUT2D eigenvalue weighted by Crippen LogP contribution is 2.39.